The molecule has 36 heavy (non-hydrogen) atoms. The molecular formula is C30H33N3O3. The quantitative estimate of drug-likeness (QED) is 0.331. The normalized spacial score (nSPS) is 15.0. The summed E-state index contributed by atoms with van der Waals surface area (Å²) < 4.78 is 5.63. The smallest absolute Gasteiger partial charge is 0.247 e. The van der Waals surface area contributed by atoms with Crippen LogP contribution in [0.5, 0.6) is 0 Å². The number of carbonyl (C=O) groups excluding carboxylic acids is 2. The number of aromatic amines is 1. The summed E-state index contributed by atoms with van der Waals surface area (Å²) in [7, 11) is 0. The summed E-state index contributed by atoms with van der Waals surface area (Å²) in [4.78, 5) is 32.8. The molecule has 2 amide bonds. The lowest BCUT2D eigenvalue weighted by Gasteiger charge is -2.33. The molecule has 0 bridgehead atoms. The summed E-state index contributed by atoms with van der Waals surface area (Å²) in [6.07, 6.45) is 9.08. The van der Waals surface area contributed by atoms with E-state index in [4.69, 9.17) is 4.42 Å². The van der Waals surface area contributed by atoms with Crippen molar-refractivity contribution in [3.8, 4) is 0 Å². The van der Waals surface area contributed by atoms with Gasteiger partial charge in [-0.15, -0.1) is 0 Å². The molecule has 1 atom stereocenters. The number of amides is 2. The Kier molecular flexibility index (Phi) is 7.21. The first-order chi connectivity index (χ1) is 17.6. The molecule has 6 heteroatoms. The molecule has 0 saturated heterocycles. The molecule has 2 aromatic carbocycles. The van der Waals surface area contributed by atoms with Gasteiger partial charge in [0.05, 0.1) is 19.2 Å². The standard InChI is InChI=1S/C30H33N3O3/c1-21-10-5-6-14-25(21)29(30(35)32-23-11-3-2-4-12-23)33(20-24-13-9-17-36-24)28(34)18-22-19-31-27-16-8-7-15-26(22)27/h5-10,13-17,19,23,29,31H,2-4,11-12,18,20H2,1H3,(H,32,35)/t29-/m0/s1. The Balaban J connectivity index is 1.51. The topological polar surface area (TPSA) is 78.3 Å². The average Bonchev–Trinajstić information content (AvgIpc) is 3.55. The summed E-state index contributed by atoms with van der Waals surface area (Å²) in [6.45, 7) is 2.21. The van der Waals surface area contributed by atoms with E-state index in [1.807, 2.05) is 73.8 Å². The maximum absolute atomic E-state index is 14.0. The third-order valence-electron chi connectivity index (χ3n) is 7.24. The molecule has 1 saturated carbocycles. The lowest BCUT2D eigenvalue weighted by molar-refractivity contribution is -0.141. The van der Waals surface area contributed by atoms with Crippen LogP contribution in [0.15, 0.2) is 77.5 Å². The second kappa shape index (κ2) is 10.9. The summed E-state index contributed by atoms with van der Waals surface area (Å²) in [5.74, 6) is 0.393. The number of nitrogens with one attached hydrogen (secondary N) is 2. The number of hydrogen-bond acceptors (Lipinski definition) is 3. The molecular weight excluding hydrogens is 450 g/mol. The first-order valence-electron chi connectivity index (χ1n) is 12.8. The van der Waals surface area contributed by atoms with Crippen molar-refractivity contribution in [2.45, 2.75) is 64.1 Å². The molecule has 0 radical (unpaired) electrons. The zero-order chi connectivity index (χ0) is 24.9. The van der Waals surface area contributed by atoms with Gasteiger partial charge in [0.2, 0.25) is 11.8 Å². The summed E-state index contributed by atoms with van der Waals surface area (Å²) in [6, 6.07) is 18.8. The number of H-pyrrole nitrogens is 1. The predicted octanol–water partition coefficient (Wildman–Crippen LogP) is 5.83. The van der Waals surface area contributed by atoms with Gasteiger partial charge in [0.25, 0.3) is 0 Å². The number of para-hydroxylation sites is 1. The van der Waals surface area contributed by atoms with Crippen LogP contribution in [0.2, 0.25) is 0 Å². The largest absolute Gasteiger partial charge is 0.467 e. The fourth-order valence-corrected chi connectivity index (χ4v) is 5.31. The van der Waals surface area contributed by atoms with E-state index >= 15 is 0 Å². The van der Waals surface area contributed by atoms with Crippen molar-refractivity contribution < 1.29 is 14.0 Å². The van der Waals surface area contributed by atoms with Crippen LogP contribution < -0.4 is 5.32 Å². The maximum atomic E-state index is 14.0. The van der Waals surface area contributed by atoms with Crippen LogP contribution in [0.4, 0.5) is 0 Å². The van der Waals surface area contributed by atoms with Crippen molar-refractivity contribution in [3.05, 3.63) is 95.6 Å². The van der Waals surface area contributed by atoms with Crippen LogP contribution >= 0.6 is 0 Å². The molecule has 2 heterocycles. The van der Waals surface area contributed by atoms with Crippen LogP contribution in [0.25, 0.3) is 10.9 Å². The molecule has 1 aliphatic rings. The highest BCUT2D eigenvalue weighted by Crippen LogP contribution is 2.29. The third-order valence-corrected chi connectivity index (χ3v) is 7.24. The van der Waals surface area contributed by atoms with E-state index in [0.717, 1.165) is 53.3 Å². The van der Waals surface area contributed by atoms with Gasteiger partial charge in [-0.25, -0.2) is 0 Å². The van der Waals surface area contributed by atoms with Gasteiger partial charge in [0.1, 0.15) is 11.8 Å². The molecule has 1 aliphatic carbocycles. The van der Waals surface area contributed by atoms with Crippen molar-refractivity contribution in [1.82, 2.24) is 15.2 Å². The van der Waals surface area contributed by atoms with Crippen molar-refractivity contribution in [1.29, 1.82) is 0 Å². The molecule has 4 aromatic rings. The molecule has 0 aliphatic heterocycles. The van der Waals surface area contributed by atoms with Gasteiger partial charge < -0.3 is 19.6 Å². The predicted molar refractivity (Wildman–Crippen MR) is 140 cm³/mol. The third kappa shape index (κ3) is 5.23. The van der Waals surface area contributed by atoms with Gasteiger partial charge in [-0.05, 0) is 54.7 Å². The molecule has 6 nitrogen and oxygen atoms in total. The highest BCUT2D eigenvalue weighted by Gasteiger charge is 2.34. The average molecular weight is 484 g/mol. The SMILES string of the molecule is Cc1ccccc1[C@@H](C(=O)NC1CCCCC1)N(Cc1ccco1)C(=O)Cc1c[nH]c2ccccc12. The zero-order valence-electron chi connectivity index (χ0n) is 20.7. The zero-order valence-corrected chi connectivity index (χ0v) is 20.7. The highest BCUT2D eigenvalue weighted by molar-refractivity contribution is 5.92. The molecule has 2 N–H and O–H groups in total. The van der Waals surface area contributed by atoms with Crippen LogP contribution in [0, 0.1) is 6.92 Å². The number of carbonyl (C=O) groups is 2. The van der Waals surface area contributed by atoms with E-state index in [9.17, 15) is 9.59 Å². The Bertz CT molecular complexity index is 1320. The van der Waals surface area contributed by atoms with Gasteiger partial charge in [-0.2, -0.15) is 0 Å². The van der Waals surface area contributed by atoms with Gasteiger partial charge in [0, 0.05) is 23.1 Å². The van der Waals surface area contributed by atoms with E-state index in [0.29, 0.717) is 5.76 Å². The number of rotatable bonds is 8. The van der Waals surface area contributed by atoms with E-state index in [1.165, 1.54) is 6.42 Å². The maximum Gasteiger partial charge on any atom is 0.247 e. The lowest BCUT2D eigenvalue weighted by Crippen LogP contribution is -2.47. The number of aromatic nitrogens is 1. The Morgan fingerprint density at radius 3 is 2.58 bits per heavy atom. The van der Waals surface area contributed by atoms with E-state index in [2.05, 4.69) is 10.3 Å². The first-order valence-corrected chi connectivity index (χ1v) is 12.8. The number of furan rings is 1. The van der Waals surface area contributed by atoms with Crippen LogP contribution in [0.3, 0.4) is 0 Å². The molecule has 186 valence electrons. The molecule has 0 unspecified atom stereocenters. The van der Waals surface area contributed by atoms with Crippen molar-refractivity contribution in [2.75, 3.05) is 0 Å². The first kappa shape index (κ1) is 23.9. The Morgan fingerprint density at radius 2 is 1.81 bits per heavy atom. The van der Waals surface area contributed by atoms with Gasteiger partial charge in [-0.3, -0.25) is 9.59 Å². The summed E-state index contributed by atoms with van der Waals surface area (Å²) >= 11 is 0. The number of aryl methyl sites for hydroxylation is 1. The van der Waals surface area contributed by atoms with Crippen LogP contribution in [-0.4, -0.2) is 27.7 Å². The summed E-state index contributed by atoms with van der Waals surface area (Å²) in [5.41, 5.74) is 3.72. The number of nitrogens with zero attached hydrogens (tertiary/aromatic N) is 1. The fourth-order valence-electron chi connectivity index (χ4n) is 5.31. The monoisotopic (exact) mass is 483 g/mol. The molecule has 5 rings (SSSR count). The van der Waals surface area contributed by atoms with Crippen molar-refractivity contribution in [2.24, 2.45) is 0 Å². The highest BCUT2D eigenvalue weighted by atomic mass is 16.3. The van der Waals surface area contributed by atoms with Gasteiger partial charge in [-0.1, -0.05) is 61.7 Å². The second-order valence-corrected chi connectivity index (χ2v) is 9.74. The minimum atomic E-state index is -0.754. The molecule has 2 aromatic heterocycles. The van der Waals surface area contributed by atoms with Crippen molar-refractivity contribution in [3.63, 3.8) is 0 Å². The van der Waals surface area contributed by atoms with E-state index < -0.39 is 6.04 Å². The minimum Gasteiger partial charge on any atom is -0.467 e. The van der Waals surface area contributed by atoms with Crippen LogP contribution in [-0.2, 0) is 22.6 Å². The molecule has 1 fully saturated rings. The van der Waals surface area contributed by atoms with Gasteiger partial charge in [0.15, 0.2) is 0 Å². The molecule has 0 spiro atoms. The van der Waals surface area contributed by atoms with E-state index in [-0.39, 0.29) is 30.8 Å². The van der Waals surface area contributed by atoms with E-state index in [1.54, 1.807) is 11.2 Å². The lowest BCUT2D eigenvalue weighted by atomic mass is 9.93. The number of hydrogen-bond donors (Lipinski definition) is 2. The summed E-state index contributed by atoms with van der Waals surface area (Å²) in [5, 5.41) is 4.30. The van der Waals surface area contributed by atoms with Crippen molar-refractivity contribution >= 4 is 22.7 Å². The number of fused-ring (bicyclic) bond motifs is 1. The van der Waals surface area contributed by atoms with Gasteiger partial charge >= 0.3 is 0 Å². The second-order valence-electron chi connectivity index (χ2n) is 9.74. The Morgan fingerprint density at radius 1 is 1.03 bits per heavy atom. The fraction of sp³-hybridized carbons (Fsp3) is 0.333. The Hall–Kier alpha value is -3.80. The Labute approximate surface area is 211 Å². The minimum absolute atomic E-state index is 0.122. The van der Waals surface area contributed by atoms with Crippen LogP contribution in [0.1, 0.15) is 60.6 Å². The number of benzene rings is 2.